The number of aromatic nitrogens is 2. The van der Waals surface area contributed by atoms with Gasteiger partial charge in [0.2, 0.25) is 0 Å². The number of hydrogen-bond acceptors (Lipinski definition) is 2. The van der Waals surface area contributed by atoms with Crippen LogP contribution in [-0.2, 0) is 13.0 Å². The minimum Gasteiger partial charge on any atom is -0.335 e. The van der Waals surface area contributed by atoms with Gasteiger partial charge in [-0.15, -0.1) is 0 Å². The van der Waals surface area contributed by atoms with E-state index in [9.17, 15) is 0 Å². The van der Waals surface area contributed by atoms with E-state index in [0.29, 0.717) is 0 Å². The summed E-state index contributed by atoms with van der Waals surface area (Å²) in [7, 11) is 0. The van der Waals surface area contributed by atoms with Gasteiger partial charge >= 0.3 is 0 Å². The van der Waals surface area contributed by atoms with Gasteiger partial charge in [0, 0.05) is 31.4 Å². The molecule has 1 heterocycles. The molecule has 1 aromatic rings. The predicted molar refractivity (Wildman–Crippen MR) is 91.4 cm³/mol. The molecule has 0 fully saturated rings. The molecule has 3 heteroatoms. The van der Waals surface area contributed by atoms with E-state index in [0.717, 1.165) is 18.8 Å². The molecule has 21 heavy (non-hydrogen) atoms. The highest BCUT2D eigenvalue weighted by Gasteiger charge is 2.04. The molecule has 0 bridgehead atoms. The number of rotatable bonds is 13. The monoisotopic (exact) mass is 293 g/mol. The molecular weight excluding hydrogens is 258 g/mol. The van der Waals surface area contributed by atoms with Crippen LogP contribution >= 0.6 is 0 Å². The lowest BCUT2D eigenvalue weighted by Crippen LogP contribution is -2.20. The molecule has 0 amide bonds. The maximum absolute atomic E-state index is 5.85. The van der Waals surface area contributed by atoms with Gasteiger partial charge in [0.15, 0.2) is 0 Å². The van der Waals surface area contributed by atoms with Crippen molar-refractivity contribution >= 4 is 0 Å². The van der Waals surface area contributed by atoms with E-state index >= 15 is 0 Å². The molecule has 3 nitrogen and oxygen atoms in total. The first-order chi connectivity index (χ1) is 10.2. The molecule has 0 saturated carbocycles. The highest BCUT2D eigenvalue weighted by molar-refractivity contribution is 4.94. The summed E-state index contributed by atoms with van der Waals surface area (Å²) < 4.78 is 2.27. The summed E-state index contributed by atoms with van der Waals surface area (Å²) in [6.07, 6.45) is 18.7. The smallest absolute Gasteiger partial charge is 0.110 e. The molecule has 0 aliphatic heterocycles. The summed E-state index contributed by atoms with van der Waals surface area (Å²) in [6.45, 7) is 5.41. The topological polar surface area (TPSA) is 43.8 Å². The van der Waals surface area contributed by atoms with Crippen LogP contribution in [0.5, 0.6) is 0 Å². The average Bonchev–Trinajstić information content (AvgIpc) is 2.87. The minimum absolute atomic E-state index is 0.193. The van der Waals surface area contributed by atoms with E-state index in [4.69, 9.17) is 5.73 Å². The molecule has 0 aromatic carbocycles. The van der Waals surface area contributed by atoms with Gasteiger partial charge in [0.1, 0.15) is 5.82 Å². The van der Waals surface area contributed by atoms with Crippen LogP contribution in [0.3, 0.4) is 0 Å². The molecule has 0 saturated heterocycles. The lowest BCUT2D eigenvalue weighted by atomic mass is 10.1. The second kappa shape index (κ2) is 11.8. The van der Waals surface area contributed by atoms with Gasteiger partial charge in [-0.3, -0.25) is 0 Å². The van der Waals surface area contributed by atoms with Gasteiger partial charge in [-0.1, -0.05) is 64.7 Å². The zero-order chi connectivity index (χ0) is 15.3. The van der Waals surface area contributed by atoms with Crippen LogP contribution in [0.1, 0.15) is 83.9 Å². The quantitative estimate of drug-likeness (QED) is 0.536. The van der Waals surface area contributed by atoms with Gasteiger partial charge in [-0.2, -0.15) is 0 Å². The number of nitrogens with zero attached hydrogens (tertiary/aromatic N) is 2. The van der Waals surface area contributed by atoms with Crippen LogP contribution in [0, 0.1) is 0 Å². The Kier molecular flexibility index (Phi) is 10.2. The van der Waals surface area contributed by atoms with Gasteiger partial charge in [-0.25, -0.2) is 4.98 Å². The minimum atomic E-state index is 0.193. The Morgan fingerprint density at radius 2 is 1.57 bits per heavy atom. The highest BCUT2D eigenvalue weighted by Crippen LogP contribution is 2.11. The molecule has 2 N–H and O–H groups in total. The van der Waals surface area contributed by atoms with Crippen LogP contribution in [0.25, 0.3) is 0 Å². The molecule has 1 unspecified atom stereocenters. The standard InChI is InChI=1S/C18H35N3/c1-3-4-5-6-7-8-9-10-11-12-14-21-15-13-20-18(21)16-17(2)19/h13,15,17H,3-12,14,16,19H2,1-2H3. The van der Waals surface area contributed by atoms with E-state index < -0.39 is 0 Å². The second-order valence-corrected chi connectivity index (χ2v) is 6.40. The summed E-state index contributed by atoms with van der Waals surface area (Å²) in [4.78, 5) is 4.40. The van der Waals surface area contributed by atoms with E-state index in [1.54, 1.807) is 0 Å². The predicted octanol–water partition coefficient (Wildman–Crippen LogP) is 4.69. The zero-order valence-electron chi connectivity index (χ0n) is 14.2. The van der Waals surface area contributed by atoms with E-state index in [1.807, 2.05) is 13.1 Å². The molecule has 1 rings (SSSR count). The van der Waals surface area contributed by atoms with Gasteiger partial charge in [-0.05, 0) is 13.3 Å². The fraction of sp³-hybridized carbons (Fsp3) is 0.833. The third-order valence-corrected chi connectivity index (χ3v) is 4.06. The molecule has 1 atom stereocenters. The van der Waals surface area contributed by atoms with E-state index in [-0.39, 0.29) is 6.04 Å². The fourth-order valence-corrected chi connectivity index (χ4v) is 2.79. The SMILES string of the molecule is CCCCCCCCCCCCn1ccnc1CC(C)N. The lowest BCUT2D eigenvalue weighted by molar-refractivity contribution is 0.524. The first-order valence-corrected chi connectivity index (χ1v) is 8.99. The molecular formula is C18H35N3. The third kappa shape index (κ3) is 8.92. The van der Waals surface area contributed by atoms with Gasteiger partial charge < -0.3 is 10.3 Å². The Hall–Kier alpha value is -0.830. The number of hydrogen-bond donors (Lipinski definition) is 1. The van der Waals surface area contributed by atoms with Gasteiger partial charge in [0.25, 0.3) is 0 Å². The summed E-state index contributed by atoms with van der Waals surface area (Å²) in [5, 5.41) is 0. The highest BCUT2D eigenvalue weighted by atomic mass is 15.1. The van der Waals surface area contributed by atoms with E-state index in [2.05, 4.69) is 22.7 Å². The summed E-state index contributed by atoms with van der Waals surface area (Å²) >= 11 is 0. The Bertz CT molecular complexity index is 344. The maximum Gasteiger partial charge on any atom is 0.110 e. The van der Waals surface area contributed by atoms with Gasteiger partial charge in [0.05, 0.1) is 0 Å². The third-order valence-electron chi connectivity index (χ3n) is 4.06. The molecule has 0 radical (unpaired) electrons. The number of aryl methyl sites for hydroxylation is 1. The Morgan fingerprint density at radius 3 is 2.14 bits per heavy atom. The van der Waals surface area contributed by atoms with Crippen molar-refractivity contribution in [2.24, 2.45) is 5.73 Å². The number of unbranched alkanes of at least 4 members (excludes halogenated alkanes) is 9. The Labute approximate surface area is 131 Å². The van der Waals surface area contributed by atoms with E-state index in [1.165, 1.54) is 64.2 Å². The number of imidazole rings is 1. The summed E-state index contributed by atoms with van der Waals surface area (Å²) in [5.41, 5.74) is 5.85. The van der Waals surface area contributed by atoms with Crippen LogP contribution in [0.2, 0.25) is 0 Å². The van der Waals surface area contributed by atoms with Crippen molar-refractivity contribution in [3.05, 3.63) is 18.2 Å². The normalized spacial score (nSPS) is 12.7. The molecule has 0 aliphatic carbocycles. The van der Waals surface area contributed by atoms with Crippen molar-refractivity contribution in [2.75, 3.05) is 0 Å². The van der Waals surface area contributed by atoms with Crippen molar-refractivity contribution in [2.45, 2.75) is 97.1 Å². The fourth-order valence-electron chi connectivity index (χ4n) is 2.79. The molecule has 0 aliphatic rings. The molecule has 122 valence electrons. The summed E-state index contributed by atoms with van der Waals surface area (Å²) in [5.74, 6) is 1.14. The molecule has 1 aromatic heterocycles. The van der Waals surface area contributed by atoms with Crippen LogP contribution < -0.4 is 5.73 Å². The van der Waals surface area contributed by atoms with Crippen molar-refractivity contribution in [1.29, 1.82) is 0 Å². The van der Waals surface area contributed by atoms with Crippen molar-refractivity contribution in [3.8, 4) is 0 Å². The average molecular weight is 293 g/mol. The first kappa shape index (κ1) is 18.2. The Morgan fingerprint density at radius 1 is 1.00 bits per heavy atom. The van der Waals surface area contributed by atoms with Crippen molar-refractivity contribution < 1.29 is 0 Å². The van der Waals surface area contributed by atoms with Crippen molar-refractivity contribution in [1.82, 2.24) is 9.55 Å². The zero-order valence-corrected chi connectivity index (χ0v) is 14.2. The first-order valence-electron chi connectivity index (χ1n) is 8.99. The second-order valence-electron chi connectivity index (χ2n) is 6.40. The van der Waals surface area contributed by atoms with Crippen LogP contribution in [0.4, 0.5) is 0 Å². The Balaban J connectivity index is 1.98. The summed E-state index contributed by atoms with van der Waals surface area (Å²) in [6, 6.07) is 0.193. The largest absolute Gasteiger partial charge is 0.335 e. The lowest BCUT2D eigenvalue weighted by Gasteiger charge is -2.09. The van der Waals surface area contributed by atoms with Crippen LogP contribution in [-0.4, -0.2) is 15.6 Å². The molecule has 0 spiro atoms. The van der Waals surface area contributed by atoms with Crippen molar-refractivity contribution in [3.63, 3.8) is 0 Å². The van der Waals surface area contributed by atoms with Crippen LogP contribution in [0.15, 0.2) is 12.4 Å². The maximum atomic E-state index is 5.85. The number of nitrogens with two attached hydrogens (primary N) is 1.